The average molecular weight is 444 g/mol. The van der Waals surface area contributed by atoms with Crippen LogP contribution in [0.15, 0.2) is 29.3 Å². The highest BCUT2D eigenvalue weighted by atomic mass is 127. The van der Waals surface area contributed by atoms with E-state index in [4.69, 9.17) is 5.73 Å². The highest BCUT2D eigenvalue weighted by Gasteiger charge is 2.14. The van der Waals surface area contributed by atoms with E-state index in [1.54, 1.807) is 0 Å². The molecule has 4 nitrogen and oxygen atoms in total. The molecular formula is C19H33IN4. The molecule has 1 heterocycles. The van der Waals surface area contributed by atoms with E-state index in [0.717, 1.165) is 25.2 Å². The van der Waals surface area contributed by atoms with Crippen LogP contribution >= 0.6 is 24.0 Å². The van der Waals surface area contributed by atoms with Gasteiger partial charge >= 0.3 is 0 Å². The molecule has 1 saturated heterocycles. The van der Waals surface area contributed by atoms with Crippen molar-refractivity contribution >= 4 is 35.6 Å². The van der Waals surface area contributed by atoms with Crippen LogP contribution in [0.4, 0.5) is 5.69 Å². The maximum absolute atomic E-state index is 6.01. The first-order valence-corrected chi connectivity index (χ1v) is 8.97. The second kappa shape index (κ2) is 10.9. The summed E-state index contributed by atoms with van der Waals surface area (Å²) in [5, 5.41) is 3.19. The van der Waals surface area contributed by atoms with Gasteiger partial charge in [0.15, 0.2) is 5.96 Å². The van der Waals surface area contributed by atoms with Gasteiger partial charge < -0.3 is 16.0 Å². The first-order chi connectivity index (χ1) is 11.1. The number of nitrogens with one attached hydrogen (secondary N) is 1. The lowest BCUT2D eigenvalue weighted by molar-refractivity contribution is 0.292. The second-order valence-electron chi connectivity index (χ2n) is 6.90. The Labute approximate surface area is 164 Å². The molecule has 5 heteroatoms. The molecule has 2 rings (SSSR count). The van der Waals surface area contributed by atoms with E-state index in [1.165, 1.54) is 31.5 Å². The van der Waals surface area contributed by atoms with E-state index in [0.29, 0.717) is 17.8 Å². The van der Waals surface area contributed by atoms with Gasteiger partial charge in [-0.25, -0.2) is 0 Å². The van der Waals surface area contributed by atoms with Gasteiger partial charge in [-0.3, -0.25) is 4.99 Å². The Morgan fingerprint density at radius 3 is 2.42 bits per heavy atom. The van der Waals surface area contributed by atoms with Gasteiger partial charge in [-0.1, -0.05) is 32.9 Å². The van der Waals surface area contributed by atoms with Crippen LogP contribution in [0.1, 0.15) is 51.5 Å². The fourth-order valence-corrected chi connectivity index (χ4v) is 3.04. The summed E-state index contributed by atoms with van der Waals surface area (Å²) in [5.41, 5.74) is 8.38. The zero-order valence-corrected chi connectivity index (χ0v) is 17.6. The highest BCUT2D eigenvalue weighted by Crippen LogP contribution is 2.20. The average Bonchev–Trinajstić information content (AvgIpc) is 3.06. The van der Waals surface area contributed by atoms with E-state index in [-0.39, 0.29) is 24.0 Å². The van der Waals surface area contributed by atoms with Crippen LogP contribution in [0.3, 0.4) is 0 Å². The molecule has 1 aromatic rings. The Hall–Kier alpha value is -0.820. The van der Waals surface area contributed by atoms with Crippen molar-refractivity contribution in [1.82, 2.24) is 4.90 Å². The zero-order valence-electron chi connectivity index (χ0n) is 15.3. The van der Waals surface area contributed by atoms with Gasteiger partial charge in [0.05, 0.1) is 0 Å². The van der Waals surface area contributed by atoms with Gasteiger partial charge in [0.2, 0.25) is 0 Å². The fraction of sp³-hybridized carbons (Fsp3) is 0.632. The normalized spacial score (nSPS) is 18.0. The lowest BCUT2D eigenvalue weighted by Gasteiger charge is -2.19. The van der Waals surface area contributed by atoms with Crippen molar-refractivity contribution in [2.45, 2.75) is 46.0 Å². The maximum Gasteiger partial charge on any atom is 0.193 e. The van der Waals surface area contributed by atoms with E-state index in [9.17, 15) is 0 Å². The minimum Gasteiger partial charge on any atom is -0.370 e. The number of nitrogens with two attached hydrogens (primary N) is 1. The van der Waals surface area contributed by atoms with Crippen LogP contribution in [0.5, 0.6) is 0 Å². The summed E-state index contributed by atoms with van der Waals surface area (Å²) in [4.78, 5) is 7.02. The standard InChI is InChI=1S/C19H32N4.HI/c1-4-16(3)17-7-9-18(10-8-17)22-19(20)21-13-15(2)14-23-11-5-6-12-23;/h7-10,15-16H,4-6,11-14H2,1-3H3,(H3,20,21,22);1H. The Morgan fingerprint density at radius 2 is 1.83 bits per heavy atom. The molecule has 0 saturated carbocycles. The third-order valence-corrected chi connectivity index (χ3v) is 4.71. The molecule has 1 aromatic carbocycles. The van der Waals surface area contributed by atoms with Crippen LogP contribution in [0, 0.1) is 5.92 Å². The van der Waals surface area contributed by atoms with Crippen molar-refractivity contribution in [2.75, 3.05) is 31.5 Å². The molecule has 3 N–H and O–H groups in total. The van der Waals surface area contributed by atoms with Gasteiger partial charge in [0.25, 0.3) is 0 Å². The van der Waals surface area contributed by atoms with Crippen LogP contribution in [-0.2, 0) is 0 Å². The number of guanidine groups is 1. The van der Waals surface area contributed by atoms with E-state index in [1.807, 2.05) is 0 Å². The summed E-state index contributed by atoms with van der Waals surface area (Å²) in [5.74, 6) is 1.65. The number of hydrogen-bond acceptors (Lipinski definition) is 2. The number of hydrogen-bond donors (Lipinski definition) is 2. The molecule has 2 atom stereocenters. The third kappa shape index (κ3) is 6.97. The number of likely N-dealkylation sites (tertiary alicyclic amines) is 1. The number of halogens is 1. The lowest BCUT2D eigenvalue weighted by atomic mass is 9.99. The largest absolute Gasteiger partial charge is 0.370 e. The summed E-state index contributed by atoms with van der Waals surface area (Å²) in [6.45, 7) is 11.1. The summed E-state index contributed by atoms with van der Waals surface area (Å²) < 4.78 is 0. The van der Waals surface area contributed by atoms with E-state index < -0.39 is 0 Å². The predicted octanol–water partition coefficient (Wildman–Crippen LogP) is 4.28. The Bertz CT molecular complexity index is 495. The molecule has 136 valence electrons. The van der Waals surface area contributed by atoms with Crippen molar-refractivity contribution < 1.29 is 0 Å². The molecule has 0 radical (unpaired) electrons. The molecule has 1 aliphatic rings. The molecule has 1 fully saturated rings. The van der Waals surface area contributed by atoms with Crippen LogP contribution in [-0.4, -0.2) is 37.0 Å². The summed E-state index contributed by atoms with van der Waals surface area (Å²) in [6, 6.07) is 8.49. The van der Waals surface area contributed by atoms with E-state index >= 15 is 0 Å². The number of aliphatic imine (C=N–C) groups is 1. The van der Waals surface area contributed by atoms with Crippen LogP contribution in [0.2, 0.25) is 0 Å². The summed E-state index contributed by atoms with van der Waals surface area (Å²) in [7, 11) is 0. The molecule has 2 unspecified atom stereocenters. The molecule has 24 heavy (non-hydrogen) atoms. The Balaban J connectivity index is 0.00000288. The first kappa shape index (κ1) is 21.2. The van der Waals surface area contributed by atoms with Crippen molar-refractivity contribution in [3.63, 3.8) is 0 Å². The molecule has 0 aliphatic carbocycles. The van der Waals surface area contributed by atoms with Crippen molar-refractivity contribution in [3.8, 4) is 0 Å². The summed E-state index contributed by atoms with van der Waals surface area (Å²) in [6.07, 6.45) is 3.84. The van der Waals surface area contributed by atoms with Gasteiger partial charge in [-0.2, -0.15) is 0 Å². The predicted molar refractivity (Wildman–Crippen MR) is 116 cm³/mol. The monoisotopic (exact) mass is 444 g/mol. The molecule has 0 spiro atoms. The first-order valence-electron chi connectivity index (χ1n) is 8.97. The number of benzene rings is 1. The molecule has 0 amide bonds. The minimum absolute atomic E-state index is 0. The number of anilines is 1. The quantitative estimate of drug-likeness (QED) is 0.375. The van der Waals surface area contributed by atoms with Gasteiger partial charge in [-0.15, -0.1) is 24.0 Å². The molecule has 0 aromatic heterocycles. The highest BCUT2D eigenvalue weighted by molar-refractivity contribution is 14.0. The molecule has 1 aliphatic heterocycles. The van der Waals surface area contributed by atoms with Gasteiger partial charge in [0, 0.05) is 18.8 Å². The van der Waals surface area contributed by atoms with Crippen LogP contribution < -0.4 is 11.1 Å². The molecular weight excluding hydrogens is 411 g/mol. The lowest BCUT2D eigenvalue weighted by Crippen LogP contribution is -2.28. The minimum atomic E-state index is 0. The zero-order chi connectivity index (χ0) is 16.7. The van der Waals surface area contributed by atoms with Crippen molar-refractivity contribution in [2.24, 2.45) is 16.6 Å². The van der Waals surface area contributed by atoms with Gasteiger partial charge in [-0.05, 0) is 61.9 Å². The van der Waals surface area contributed by atoms with Crippen LogP contribution in [0.25, 0.3) is 0 Å². The number of rotatable bonds is 7. The van der Waals surface area contributed by atoms with E-state index in [2.05, 4.69) is 60.2 Å². The smallest absolute Gasteiger partial charge is 0.193 e. The van der Waals surface area contributed by atoms with Crippen molar-refractivity contribution in [3.05, 3.63) is 29.8 Å². The number of nitrogens with zero attached hydrogens (tertiary/aromatic N) is 2. The fourth-order valence-electron chi connectivity index (χ4n) is 3.04. The Morgan fingerprint density at radius 1 is 1.21 bits per heavy atom. The summed E-state index contributed by atoms with van der Waals surface area (Å²) >= 11 is 0. The Kier molecular flexibility index (Phi) is 9.66. The molecule has 0 bridgehead atoms. The SMILES string of the molecule is CCC(C)c1ccc(NC(N)=NCC(C)CN2CCCC2)cc1.I. The second-order valence-corrected chi connectivity index (χ2v) is 6.90. The van der Waals surface area contributed by atoms with Gasteiger partial charge in [0.1, 0.15) is 0 Å². The topological polar surface area (TPSA) is 53.6 Å². The van der Waals surface area contributed by atoms with Crippen molar-refractivity contribution in [1.29, 1.82) is 0 Å². The maximum atomic E-state index is 6.01. The third-order valence-electron chi connectivity index (χ3n) is 4.71.